The number of benzene rings is 1. The molecule has 0 radical (unpaired) electrons. The van der Waals surface area contributed by atoms with Crippen molar-refractivity contribution in [3.05, 3.63) is 29.8 Å². The van der Waals surface area contributed by atoms with E-state index in [4.69, 9.17) is 4.74 Å². The number of hydrogen-bond acceptors (Lipinski definition) is 3. The molecule has 100 valence electrons. The Morgan fingerprint density at radius 1 is 1.33 bits per heavy atom. The molecule has 0 amide bonds. The van der Waals surface area contributed by atoms with Gasteiger partial charge in [-0.05, 0) is 43.5 Å². The van der Waals surface area contributed by atoms with E-state index in [2.05, 4.69) is 12.2 Å². The average Bonchev–Trinajstić information content (AvgIpc) is 2.82. The quantitative estimate of drug-likeness (QED) is 0.760. The molecule has 0 bridgehead atoms. The second-order valence-corrected chi connectivity index (χ2v) is 5.32. The van der Waals surface area contributed by atoms with Crippen LogP contribution in [0, 0.1) is 5.41 Å². The van der Waals surface area contributed by atoms with E-state index >= 15 is 0 Å². The third-order valence-electron chi connectivity index (χ3n) is 3.63. The SMILES string of the molecule is CCCNCC1(Cc2ccc(O)cc2)CCOC1. The second kappa shape index (κ2) is 6.21. The lowest BCUT2D eigenvalue weighted by Crippen LogP contribution is -2.37. The Morgan fingerprint density at radius 3 is 2.72 bits per heavy atom. The van der Waals surface area contributed by atoms with Crippen molar-refractivity contribution in [3.63, 3.8) is 0 Å². The van der Waals surface area contributed by atoms with Gasteiger partial charge in [-0.25, -0.2) is 0 Å². The molecule has 1 atom stereocenters. The molecule has 2 N–H and O–H groups in total. The molecule has 1 aromatic carbocycles. The van der Waals surface area contributed by atoms with Crippen LogP contribution in [0.5, 0.6) is 5.75 Å². The van der Waals surface area contributed by atoms with Gasteiger partial charge in [0.1, 0.15) is 5.75 Å². The topological polar surface area (TPSA) is 41.5 Å². The van der Waals surface area contributed by atoms with Crippen molar-refractivity contribution in [2.24, 2.45) is 5.41 Å². The second-order valence-electron chi connectivity index (χ2n) is 5.32. The maximum Gasteiger partial charge on any atom is 0.115 e. The number of phenolic OH excluding ortho intramolecular Hbond substituents is 1. The molecule has 1 saturated heterocycles. The zero-order valence-electron chi connectivity index (χ0n) is 11.1. The van der Waals surface area contributed by atoms with E-state index in [1.807, 2.05) is 12.1 Å². The summed E-state index contributed by atoms with van der Waals surface area (Å²) in [5.41, 5.74) is 1.50. The molecule has 1 aromatic rings. The highest BCUT2D eigenvalue weighted by Gasteiger charge is 2.34. The largest absolute Gasteiger partial charge is 0.508 e. The zero-order valence-corrected chi connectivity index (χ0v) is 11.1. The van der Waals surface area contributed by atoms with Crippen LogP contribution < -0.4 is 5.32 Å². The lowest BCUT2D eigenvalue weighted by atomic mass is 9.81. The Kier molecular flexibility index (Phi) is 4.61. The summed E-state index contributed by atoms with van der Waals surface area (Å²) in [6.07, 6.45) is 3.30. The van der Waals surface area contributed by atoms with Crippen molar-refractivity contribution >= 4 is 0 Å². The first-order valence-corrected chi connectivity index (χ1v) is 6.80. The summed E-state index contributed by atoms with van der Waals surface area (Å²) in [5.74, 6) is 0.333. The van der Waals surface area contributed by atoms with E-state index in [1.165, 1.54) is 5.56 Å². The first-order valence-electron chi connectivity index (χ1n) is 6.80. The summed E-state index contributed by atoms with van der Waals surface area (Å²) in [7, 11) is 0. The van der Waals surface area contributed by atoms with Gasteiger partial charge in [0.25, 0.3) is 0 Å². The van der Waals surface area contributed by atoms with E-state index in [0.29, 0.717) is 5.75 Å². The third kappa shape index (κ3) is 3.47. The van der Waals surface area contributed by atoms with Gasteiger partial charge in [-0.15, -0.1) is 0 Å². The molecule has 1 heterocycles. The standard InChI is InChI=1S/C15H23NO2/c1-2-8-16-11-15(7-9-18-12-15)10-13-3-5-14(17)6-4-13/h3-6,16-17H,2,7-12H2,1H3. The van der Waals surface area contributed by atoms with E-state index in [-0.39, 0.29) is 5.41 Å². The number of nitrogens with one attached hydrogen (secondary N) is 1. The van der Waals surface area contributed by atoms with Gasteiger partial charge in [-0.1, -0.05) is 19.1 Å². The van der Waals surface area contributed by atoms with Crippen molar-refractivity contribution in [2.75, 3.05) is 26.3 Å². The highest BCUT2D eigenvalue weighted by Crippen LogP contribution is 2.32. The minimum absolute atomic E-state index is 0.228. The fraction of sp³-hybridized carbons (Fsp3) is 0.600. The first-order chi connectivity index (χ1) is 8.74. The summed E-state index contributed by atoms with van der Waals surface area (Å²) < 4.78 is 5.60. The van der Waals surface area contributed by atoms with Gasteiger partial charge >= 0.3 is 0 Å². The van der Waals surface area contributed by atoms with Gasteiger partial charge in [0.2, 0.25) is 0 Å². The Balaban J connectivity index is 1.99. The number of rotatable bonds is 6. The van der Waals surface area contributed by atoms with Crippen LogP contribution in [0.1, 0.15) is 25.3 Å². The van der Waals surface area contributed by atoms with Crippen LogP contribution in [0.2, 0.25) is 0 Å². The van der Waals surface area contributed by atoms with Gasteiger partial charge in [-0.2, -0.15) is 0 Å². The molecule has 2 rings (SSSR count). The monoisotopic (exact) mass is 249 g/mol. The zero-order chi connectivity index (χ0) is 12.8. The van der Waals surface area contributed by atoms with E-state index < -0.39 is 0 Å². The fourth-order valence-corrected chi connectivity index (χ4v) is 2.57. The summed E-state index contributed by atoms with van der Waals surface area (Å²) in [5, 5.41) is 12.8. The molecule has 18 heavy (non-hydrogen) atoms. The summed E-state index contributed by atoms with van der Waals surface area (Å²) >= 11 is 0. The smallest absolute Gasteiger partial charge is 0.115 e. The highest BCUT2D eigenvalue weighted by molar-refractivity contribution is 5.26. The normalized spacial score (nSPS) is 23.4. The van der Waals surface area contributed by atoms with Gasteiger partial charge in [0.05, 0.1) is 6.61 Å². The van der Waals surface area contributed by atoms with Crippen molar-refractivity contribution in [2.45, 2.75) is 26.2 Å². The fourth-order valence-electron chi connectivity index (χ4n) is 2.57. The Bertz CT molecular complexity index is 355. The predicted molar refractivity (Wildman–Crippen MR) is 72.8 cm³/mol. The van der Waals surface area contributed by atoms with Crippen LogP contribution in [0.15, 0.2) is 24.3 Å². The molecule has 0 aromatic heterocycles. The Labute approximate surface area is 109 Å². The van der Waals surface area contributed by atoms with Crippen LogP contribution in [0.3, 0.4) is 0 Å². The Hall–Kier alpha value is -1.06. The van der Waals surface area contributed by atoms with Crippen LogP contribution in [0.25, 0.3) is 0 Å². The molecule has 3 nitrogen and oxygen atoms in total. The maximum atomic E-state index is 9.32. The molecule has 0 saturated carbocycles. The summed E-state index contributed by atoms with van der Waals surface area (Å²) in [6, 6.07) is 7.54. The van der Waals surface area contributed by atoms with Crippen LogP contribution in [-0.2, 0) is 11.2 Å². The molecule has 1 fully saturated rings. The minimum atomic E-state index is 0.228. The third-order valence-corrected chi connectivity index (χ3v) is 3.63. The average molecular weight is 249 g/mol. The molecule has 0 aliphatic carbocycles. The van der Waals surface area contributed by atoms with Crippen molar-refractivity contribution < 1.29 is 9.84 Å². The molecule has 1 aliphatic heterocycles. The van der Waals surface area contributed by atoms with Crippen molar-refractivity contribution in [1.29, 1.82) is 0 Å². The van der Waals surface area contributed by atoms with Crippen molar-refractivity contribution in [3.8, 4) is 5.75 Å². The molecule has 1 unspecified atom stereocenters. The first kappa shape index (κ1) is 13.4. The molecule has 3 heteroatoms. The van der Waals surface area contributed by atoms with Gasteiger partial charge < -0.3 is 15.2 Å². The number of hydrogen-bond donors (Lipinski definition) is 2. The van der Waals surface area contributed by atoms with Crippen LogP contribution >= 0.6 is 0 Å². The number of phenols is 1. The maximum absolute atomic E-state index is 9.32. The number of ether oxygens (including phenoxy) is 1. The highest BCUT2D eigenvalue weighted by atomic mass is 16.5. The van der Waals surface area contributed by atoms with E-state index in [1.54, 1.807) is 12.1 Å². The predicted octanol–water partition coefficient (Wildman–Crippen LogP) is 2.34. The minimum Gasteiger partial charge on any atom is -0.508 e. The molecular formula is C15H23NO2. The lowest BCUT2D eigenvalue weighted by molar-refractivity contribution is 0.149. The van der Waals surface area contributed by atoms with Crippen molar-refractivity contribution in [1.82, 2.24) is 5.32 Å². The van der Waals surface area contributed by atoms with Gasteiger partial charge in [0.15, 0.2) is 0 Å². The van der Waals surface area contributed by atoms with Gasteiger partial charge in [0, 0.05) is 18.6 Å². The van der Waals surface area contributed by atoms with Gasteiger partial charge in [-0.3, -0.25) is 0 Å². The molecule has 0 spiro atoms. The molecular weight excluding hydrogens is 226 g/mol. The lowest BCUT2D eigenvalue weighted by Gasteiger charge is -2.28. The van der Waals surface area contributed by atoms with E-state index in [0.717, 1.165) is 45.6 Å². The van der Waals surface area contributed by atoms with Crippen LogP contribution in [-0.4, -0.2) is 31.4 Å². The summed E-state index contributed by atoms with van der Waals surface area (Å²) in [6.45, 7) is 5.97. The van der Waals surface area contributed by atoms with E-state index in [9.17, 15) is 5.11 Å². The Morgan fingerprint density at radius 2 is 2.11 bits per heavy atom. The summed E-state index contributed by atoms with van der Waals surface area (Å²) in [4.78, 5) is 0. The molecule has 1 aliphatic rings. The van der Waals surface area contributed by atoms with Crippen LogP contribution in [0.4, 0.5) is 0 Å². The number of aromatic hydroxyl groups is 1.